The van der Waals surface area contributed by atoms with Crippen molar-refractivity contribution < 1.29 is 9.47 Å². The molecule has 0 saturated heterocycles. The van der Waals surface area contributed by atoms with Crippen molar-refractivity contribution in [2.75, 3.05) is 13.2 Å². The molecular formula is C20H34O2. The number of unbranched alkanes of at least 4 members (excludes halogenated alkanes) is 7. The fourth-order valence-corrected chi connectivity index (χ4v) is 2.29. The molecular weight excluding hydrogens is 272 g/mol. The molecule has 0 N–H and O–H groups in total. The lowest BCUT2D eigenvalue weighted by Gasteiger charge is -2.16. The summed E-state index contributed by atoms with van der Waals surface area (Å²) in [6.45, 7) is 9.07. The Morgan fingerprint density at radius 1 is 0.864 bits per heavy atom. The SMILES string of the molecule is C=CC#C/C=C/CCCCCCCCCC(OCC)OCC. The second-order valence-electron chi connectivity index (χ2n) is 5.29. The van der Waals surface area contributed by atoms with E-state index in [1.165, 1.54) is 44.9 Å². The topological polar surface area (TPSA) is 18.5 Å². The van der Waals surface area contributed by atoms with Crippen LogP contribution in [0.15, 0.2) is 24.8 Å². The Bertz CT molecular complexity index is 316. The Kier molecular flexibility index (Phi) is 17.2. The average Bonchev–Trinajstić information content (AvgIpc) is 2.52. The minimum atomic E-state index is 0.00553. The van der Waals surface area contributed by atoms with E-state index in [2.05, 4.69) is 24.5 Å². The van der Waals surface area contributed by atoms with Crippen LogP contribution in [0.4, 0.5) is 0 Å². The summed E-state index contributed by atoms with van der Waals surface area (Å²) < 4.78 is 11.1. The van der Waals surface area contributed by atoms with Crippen molar-refractivity contribution in [3.05, 3.63) is 24.8 Å². The van der Waals surface area contributed by atoms with Gasteiger partial charge < -0.3 is 9.47 Å². The normalized spacial score (nSPS) is 10.9. The molecule has 0 bridgehead atoms. The lowest BCUT2D eigenvalue weighted by atomic mass is 10.1. The lowest BCUT2D eigenvalue weighted by Crippen LogP contribution is -2.17. The van der Waals surface area contributed by atoms with E-state index in [1.807, 2.05) is 19.9 Å². The summed E-state index contributed by atoms with van der Waals surface area (Å²) in [5.74, 6) is 5.73. The molecule has 2 heteroatoms. The molecule has 22 heavy (non-hydrogen) atoms. The molecule has 0 aromatic heterocycles. The van der Waals surface area contributed by atoms with Crippen molar-refractivity contribution in [2.45, 2.75) is 77.9 Å². The van der Waals surface area contributed by atoms with Gasteiger partial charge in [-0.1, -0.05) is 56.6 Å². The van der Waals surface area contributed by atoms with E-state index in [0.717, 1.165) is 26.1 Å². The first-order chi connectivity index (χ1) is 10.8. The van der Waals surface area contributed by atoms with Crippen LogP contribution < -0.4 is 0 Å². The third kappa shape index (κ3) is 15.4. The molecule has 0 aromatic carbocycles. The highest BCUT2D eigenvalue weighted by atomic mass is 16.7. The average molecular weight is 306 g/mol. The van der Waals surface area contributed by atoms with Crippen LogP contribution in [-0.2, 0) is 9.47 Å². The maximum atomic E-state index is 5.55. The molecule has 0 fully saturated rings. The Morgan fingerprint density at radius 3 is 2.05 bits per heavy atom. The number of allylic oxidation sites excluding steroid dienone is 3. The van der Waals surface area contributed by atoms with E-state index in [-0.39, 0.29) is 6.29 Å². The van der Waals surface area contributed by atoms with Crippen LogP contribution >= 0.6 is 0 Å². The summed E-state index contributed by atoms with van der Waals surface area (Å²) >= 11 is 0. The van der Waals surface area contributed by atoms with Crippen LogP contribution in [0.3, 0.4) is 0 Å². The van der Waals surface area contributed by atoms with Crippen molar-refractivity contribution in [3.63, 3.8) is 0 Å². The van der Waals surface area contributed by atoms with Gasteiger partial charge in [-0.3, -0.25) is 0 Å². The van der Waals surface area contributed by atoms with Crippen LogP contribution in [0.1, 0.15) is 71.6 Å². The zero-order valence-corrected chi connectivity index (χ0v) is 14.6. The molecule has 0 unspecified atom stereocenters. The second kappa shape index (κ2) is 18.0. The zero-order valence-electron chi connectivity index (χ0n) is 14.6. The summed E-state index contributed by atoms with van der Waals surface area (Å²) in [5, 5.41) is 0. The van der Waals surface area contributed by atoms with Crippen molar-refractivity contribution in [3.8, 4) is 11.8 Å². The highest BCUT2D eigenvalue weighted by Crippen LogP contribution is 2.12. The van der Waals surface area contributed by atoms with Gasteiger partial charge in [0, 0.05) is 13.2 Å². The molecule has 0 atom stereocenters. The van der Waals surface area contributed by atoms with Crippen LogP contribution in [0, 0.1) is 11.8 Å². The van der Waals surface area contributed by atoms with E-state index in [9.17, 15) is 0 Å². The summed E-state index contributed by atoms with van der Waals surface area (Å²) in [6.07, 6.45) is 16.9. The fourth-order valence-electron chi connectivity index (χ4n) is 2.29. The van der Waals surface area contributed by atoms with E-state index in [4.69, 9.17) is 9.47 Å². The highest BCUT2D eigenvalue weighted by Gasteiger charge is 2.06. The van der Waals surface area contributed by atoms with Gasteiger partial charge in [0.15, 0.2) is 6.29 Å². The Morgan fingerprint density at radius 2 is 1.45 bits per heavy atom. The molecule has 0 heterocycles. The molecule has 0 aromatic rings. The standard InChI is InChI=1S/C20H34O2/c1-4-7-8-9-10-11-12-13-14-15-16-17-18-19-20(21-5-2)22-6-3/h4,9-10,20H,1,5-6,11-19H2,2-3H3/b10-9+. The third-order valence-electron chi connectivity index (χ3n) is 3.40. The van der Waals surface area contributed by atoms with E-state index >= 15 is 0 Å². The van der Waals surface area contributed by atoms with Crippen molar-refractivity contribution in [1.82, 2.24) is 0 Å². The summed E-state index contributed by atoms with van der Waals surface area (Å²) in [6, 6.07) is 0. The molecule has 0 spiro atoms. The fraction of sp³-hybridized carbons (Fsp3) is 0.700. The maximum absolute atomic E-state index is 5.55. The Balaban J connectivity index is 3.32. The van der Waals surface area contributed by atoms with Gasteiger partial charge in [0.1, 0.15) is 0 Å². The van der Waals surface area contributed by atoms with Crippen molar-refractivity contribution >= 4 is 0 Å². The zero-order chi connectivity index (χ0) is 16.3. The van der Waals surface area contributed by atoms with Gasteiger partial charge in [0.05, 0.1) is 0 Å². The lowest BCUT2D eigenvalue weighted by molar-refractivity contribution is -0.140. The minimum absolute atomic E-state index is 0.00553. The number of hydrogen-bond donors (Lipinski definition) is 0. The van der Waals surface area contributed by atoms with Gasteiger partial charge in [0.25, 0.3) is 0 Å². The Labute approximate surface area is 138 Å². The summed E-state index contributed by atoms with van der Waals surface area (Å²) in [5.41, 5.74) is 0. The van der Waals surface area contributed by atoms with Gasteiger partial charge in [-0.25, -0.2) is 0 Å². The first kappa shape index (κ1) is 21.0. The molecule has 0 radical (unpaired) electrons. The summed E-state index contributed by atoms with van der Waals surface area (Å²) in [7, 11) is 0. The number of ether oxygens (including phenoxy) is 2. The minimum Gasteiger partial charge on any atom is -0.353 e. The van der Waals surface area contributed by atoms with Crippen molar-refractivity contribution in [1.29, 1.82) is 0 Å². The highest BCUT2D eigenvalue weighted by molar-refractivity contribution is 5.21. The molecule has 0 aliphatic carbocycles. The number of hydrogen-bond acceptors (Lipinski definition) is 2. The van der Waals surface area contributed by atoms with Gasteiger partial charge >= 0.3 is 0 Å². The molecule has 0 amide bonds. The Hall–Kier alpha value is -1.04. The molecule has 0 aliphatic rings. The van der Waals surface area contributed by atoms with Crippen LogP contribution in [0.25, 0.3) is 0 Å². The van der Waals surface area contributed by atoms with Gasteiger partial charge in [0.2, 0.25) is 0 Å². The van der Waals surface area contributed by atoms with Gasteiger partial charge in [-0.2, -0.15) is 0 Å². The van der Waals surface area contributed by atoms with E-state index < -0.39 is 0 Å². The van der Waals surface area contributed by atoms with E-state index in [0.29, 0.717) is 0 Å². The predicted molar refractivity (Wildman–Crippen MR) is 95.7 cm³/mol. The molecule has 126 valence electrons. The molecule has 2 nitrogen and oxygen atoms in total. The van der Waals surface area contributed by atoms with Crippen LogP contribution in [-0.4, -0.2) is 19.5 Å². The van der Waals surface area contributed by atoms with Crippen molar-refractivity contribution in [2.24, 2.45) is 0 Å². The first-order valence-electron chi connectivity index (χ1n) is 8.85. The summed E-state index contributed by atoms with van der Waals surface area (Å²) in [4.78, 5) is 0. The first-order valence-corrected chi connectivity index (χ1v) is 8.85. The van der Waals surface area contributed by atoms with Crippen LogP contribution in [0.5, 0.6) is 0 Å². The van der Waals surface area contributed by atoms with Crippen LogP contribution in [0.2, 0.25) is 0 Å². The number of rotatable bonds is 14. The van der Waals surface area contributed by atoms with Gasteiger partial charge in [-0.15, -0.1) is 0 Å². The molecule has 0 aliphatic heterocycles. The quantitative estimate of drug-likeness (QED) is 0.235. The monoisotopic (exact) mass is 306 g/mol. The maximum Gasteiger partial charge on any atom is 0.157 e. The third-order valence-corrected chi connectivity index (χ3v) is 3.40. The predicted octanol–water partition coefficient (Wildman–Crippen LogP) is 5.64. The largest absolute Gasteiger partial charge is 0.353 e. The molecule has 0 saturated carbocycles. The second-order valence-corrected chi connectivity index (χ2v) is 5.29. The van der Waals surface area contributed by atoms with E-state index in [1.54, 1.807) is 6.08 Å². The van der Waals surface area contributed by atoms with Gasteiger partial charge in [-0.05, 0) is 51.7 Å². The smallest absolute Gasteiger partial charge is 0.157 e. The molecule has 0 rings (SSSR count).